The first kappa shape index (κ1) is 20.4. The van der Waals surface area contributed by atoms with Gasteiger partial charge in [-0.25, -0.2) is 13.1 Å². The van der Waals surface area contributed by atoms with Crippen molar-refractivity contribution < 1.29 is 26.7 Å². The van der Waals surface area contributed by atoms with Gasteiger partial charge in [-0.15, -0.1) is 0 Å². The van der Waals surface area contributed by atoms with E-state index < -0.39 is 33.9 Å². The predicted molar refractivity (Wildman–Crippen MR) is 92.2 cm³/mol. The lowest BCUT2D eigenvalue weighted by molar-refractivity contribution is -0.263. The molecule has 1 atom stereocenters. The maximum Gasteiger partial charge on any atom is 0.422 e. The number of sulfonamides is 1. The summed E-state index contributed by atoms with van der Waals surface area (Å²) < 4.78 is 67.4. The highest BCUT2D eigenvalue weighted by molar-refractivity contribution is 7.89. The molecule has 0 aliphatic rings. The van der Waals surface area contributed by atoms with E-state index in [2.05, 4.69) is 0 Å². The number of nitrogens with one attached hydrogen (secondary N) is 1. The number of benzene rings is 2. The lowest BCUT2D eigenvalue weighted by Crippen LogP contribution is -2.51. The highest BCUT2D eigenvalue weighted by Gasteiger charge is 2.55. The Hall–Kier alpha value is -1.90. The van der Waals surface area contributed by atoms with Crippen molar-refractivity contribution in [2.75, 3.05) is 6.54 Å². The van der Waals surface area contributed by atoms with Crippen LogP contribution in [0.3, 0.4) is 0 Å². The highest BCUT2D eigenvalue weighted by Crippen LogP contribution is 2.38. The van der Waals surface area contributed by atoms with Crippen LogP contribution in [0.1, 0.15) is 22.3 Å². The van der Waals surface area contributed by atoms with Crippen LogP contribution in [0.2, 0.25) is 0 Å². The van der Waals surface area contributed by atoms with Crippen molar-refractivity contribution >= 4 is 10.0 Å². The fraction of sp³-hybridized carbons (Fsp3) is 0.333. The summed E-state index contributed by atoms with van der Waals surface area (Å²) >= 11 is 0. The van der Waals surface area contributed by atoms with Gasteiger partial charge >= 0.3 is 6.18 Å². The summed E-state index contributed by atoms with van der Waals surface area (Å²) in [5, 5.41) is 10.2. The van der Waals surface area contributed by atoms with Crippen molar-refractivity contribution in [3.8, 4) is 0 Å². The summed E-state index contributed by atoms with van der Waals surface area (Å²) in [6, 6.07) is 9.44. The third-order valence-electron chi connectivity index (χ3n) is 4.32. The van der Waals surface area contributed by atoms with Gasteiger partial charge in [0, 0.05) is 0 Å². The minimum atomic E-state index is -5.06. The molecule has 0 radical (unpaired) electrons. The molecule has 0 aliphatic carbocycles. The monoisotopic (exact) mass is 387 g/mol. The molecule has 0 bridgehead atoms. The van der Waals surface area contributed by atoms with Crippen LogP contribution in [0.15, 0.2) is 47.4 Å². The van der Waals surface area contributed by atoms with Crippen molar-refractivity contribution in [2.24, 2.45) is 0 Å². The zero-order valence-corrected chi connectivity index (χ0v) is 15.4. The van der Waals surface area contributed by atoms with Gasteiger partial charge in [0.2, 0.25) is 10.0 Å². The summed E-state index contributed by atoms with van der Waals surface area (Å²) in [6.07, 6.45) is -5.06. The molecule has 26 heavy (non-hydrogen) atoms. The Kier molecular flexibility index (Phi) is 5.51. The molecule has 2 aromatic carbocycles. The van der Waals surface area contributed by atoms with E-state index in [-0.39, 0.29) is 4.90 Å². The van der Waals surface area contributed by atoms with E-state index in [9.17, 15) is 26.7 Å². The van der Waals surface area contributed by atoms with E-state index in [1.165, 1.54) is 24.3 Å². The van der Waals surface area contributed by atoms with Crippen molar-refractivity contribution in [2.45, 2.75) is 37.4 Å². The Balaban J connectivity index is 2.39. The van der Waals surface area contributed by atoms with Crippen LogP contribution in [0, 0.1) is 20.8 Å². The van der Waals surface area contributed by atoms with Crippen LogP contribution < -0.4 is 4.72 Å². The van der Waals surface area contributed by atoms with E-state index in [0.29, 0.717) is 11.1 Å². The van der Waals surface area contributed by atoms with E-state index in [4.69, 9.17) is 0 Å². The van der Waals surface area contributed by atoms with Crippen LogP contribution >= 0.6 is 0 Å². The first-order valence-corrected chi connectivity index (χ1v) is 9.29. The SMILES string of the molecule is Cc1cc(C)c(S(=O)(=O)NCC(O)(c2ccccc2)C(F)(F)F)cc1C. The maximum atomic E-state index is 13.5. The predicted octanol–water partition coefficient (Wildman–Crippen LogP) is 3.34. The quantitative estimate of drug-likeness (QED) is 0.827. The number of hydrogen-bond donors (Lipinski definition) is 2. The molecule has 2 N–H and O–H groups in total. The zero-order valence-electron chi connectivity index (χ0n) is 14.6. The van der Waals surface area contributed by atoms with Crippen LogP contribution in [0.4, 0.5) is 13.2 Å². The van der Waals surface area contributed by atoms with Gasteiger partial charge in [-0.2, -0.15) is 13.2 Å². The molecule has 4 nitrogen and oxygen atoms in total. The van der Waals surface area contributed by atoms with E-state index in [1.807, 2.05) is 11.6 Å². The smallest absolute Gasteiger partial charge is 0.375 e. The van der Waals surface area contributed by atoms with E-state index in [0.717, 1.165) is 17.7 Å². The minimum Gasteiger partial charge on any atom is -0.375 e. The molecule has 0 saturated carbocycles. The zero-order chi connectivity index (χ0) is 19.8. The Labute approximate surface area is 150 Å². The van der Waals surface area contributed by atoms with Gasteiger partial charge in [0.25, 0.3) is 0 Å². The van der Waals surface area contributed by atoms with E-state index in [1.54, 1.807) is 19.9 Å². The van der Waals surface area contributed by atoms with Gasteiger partial charge in [-0.1, -0.05) is 36.4 Å². The third kappa shape index (κ3) is 3.92. The Morgan fingerprint density at radius 1 is 0.962 bits per heavy atom. The van der Waals surface area contributed by atoms with Gasteiger partial charge in [-0.3, -0.25) is 0 Å². The molecular weight excluding hydrogens is 367 g/mol. The van der Waals surface area contributed by atoms with Gasteiger partial charge in [0.15, 0.2) is 5.60 Å². The molecule has 2 rings (SSSR count). The maximum absolute atomic E-state index is 13.5. The first-order chi connectivity index (χ1) is 11.9. The second-order valence-corrected chi connectivity index (χ2v) is 7.99. The minimum absolute atomic E-state index is 0.113. The average Bonchev–Trinajstić information content (AvgIpc) is 2.55. The van der Waals surface area contributed by atoms with Crippen molar-refractivity contribution in [1.82, 2.24) is 4.72 Å². The summed E-state index contributed by atoms with van der Waals surface area (Å²) in [6.45, 7) is 3.86. The number of hydrogen-bond acceptors (Lipinski definition) is 3. The lowest BCUT2D eigenvalue weighted by atomic mass is 9.93. The number of halogens is 3. The molecular formula is C18H20F3NO3S. The Bertz CT molecular complexity index is 896. The van der Waals surface area contributed by atoms with Crippen LogP contribution in [-0.2, 0) is 15.6 Å². The summed E-state index contributed by atoms with van der Waals surface area (Å²) in [5.74, 6) is 0. The largest absolute Gasteiger partial charge is 0.422 e. The molecule has 0 heterocycles. The molecule has 0 amide bonds. The van der Waals surface area contributed by atoms with Gasteiger partial charge in [-0.05, 0) is 49.1 Å². The van der Waals surface area contributed by atoms with Gasteiger partial charge < -0.3 is 5.11 Å². The highest BCUT2D eigenvalue weighted by atomic mass is 32.2. The molecule has 8 heteroatoms. The normalized spacial score (nSPS) is 14.9. The molecule has 0 fully saturated rings. The van der Waals surface area contributed by atoms with Crippen LogP contribution in [0.5, 0.6) is 0 Å². The van der Waals surface area contributed by atoms with Crippen molar-refractivity contribution in [1.29, 1.82) is 0 Å². The van der Waals surface area contributed by atoms with Crippen molar-refractivity contribution in [3.05, 3.63) is 64.7 Å². The van der Waals surface area contributed by atoms with Crippen LogP contribution in [-0.4, -0.2) is 26.2 Å². The first-order valence-electron chi connectivity index (χ1n) is 7.80. The third-order valence-corrected chi connectivity index (χ3v) is 5.86. The number of alkyl halides is 3. The number of aliphatic hydroxyl groups is 1. The second-order valence-electron chi connectivity index (χ2n) is 6.25. The molecule has 0 aromatic heterocycles. The Morgan fingerprint density at radius 2 is 1.50 bits per heavy atom. The lowest BCUT2D eigenvalue weighted by Gasteiger charge is -2.31. The van der Waals surface area contributed by atoms with Gasteiger partial charge in [0.05, 0.1) is 11.4 Å². The van der Waals surface area contributed by atoms with Crippen molar-refractivity contribution in [3.63, 3.8) is 0 Å². The fourth-order valence-corrected chi connectivity index (χ4v) is 3.95. The summed E-state index contributed by atoms with van der Waals surface area (Å²) in [7, 11) is -4.24. The summed E-state index contributed by atoms with van der Waals surface area (Å²) in [5.41, 5.74) is -1.79. The van der Waals surface area contributed by atoms with Crippen LogP contribution in [0.25, 0.3) is 0 Å². The molecule has 2 aromatic rings. The molecule has 0 saturated heterocycles. The molecule has 0 spiro atoms. The molecule has 1 unspecified atom stereocenters. The average molecular weight is 387 g/mol. The van der Waals surface area contributed by atoms with Gasteiger partial charge in [0.1, 0.15) is 0 Å². The summed E-state index contributed by atoms with van der Waals surface area (Å²) in [4.78, 5) is -0.113. The van der Waals surface area contributed by atoms with E-state index >= 15 is 0 Å². The fourth-order valence-electron chi connectivity index (χ4n) is 2.58. The molecule has 142 valence electrons. The Morgan fingerprint density at radius 3 is 2.04 bits per heavy atom. The second kappa shape index (κ2) is 7.02. The number of aryl methyl sites for hydroxylation is 3. The topological polar surface area (TPSA) is 66.4 Å². The standard InChI is InChI=1S/C18H20F3NO3S/c1-12-9-14(3)16(10-13(12)2)26(24,25)22-11-17(23,18(19,20)21)15-7-5-4-6-8-15/h4-10,22-23H,11H2,1-3H3. The number of rotatable bonds is 5. The molecule has 0 aliphatic heterocycles.